The third-order valence-electron chi connectivity index (χ3n) is 8.37. The van der Waals surface area contributed by atoms with Gasteiger partial charge in [-0.15, -0.1) is 5.10 Å². The van der Waals surface area contributed by atoms with E-state index in [-0.39, 0.29) is 29.0 Å². The van der Waals surface area contributed by atoms with Gasteiger partial charge in [0.1, 0.15) is 11.6 Å². The predicted molar refractivity (Wildman–Crippen MR) is 120 cm³/mol. The number of aryl methyl sites for hydroxylation is 1. The number of halogens is 1. The number of amides is 1. The van der Waals surface area contributed by atoms with Gasteiger partial charge in [-0.25, -0.2) is 4.39 Å². The largest absolute Gasteiger partial charge is 0.309 e. The summed E-state index contributed by atoms with van der Waals surface area (Å²) in [7, 11) is 0. The van der Waals surface area contributed by atoms with Crippen LogP contribution in [0.5, 0.6) is 0 Å². The second-order valence-electron chi connectivity index (χ2n) is 10.1. The summed E-state index contributed by atoms with van der Waals surface area (Å²) in [4.78, 5) is 25.7. The van der Waals surface area contributed by atoms with E-state index in [4.69, 9.17) is 0 Å². The van der Waals surface area contributed by atoms with E-state index in [2.05, 4.69) is 28.5 Å². The van der Waals surface area contributed by atoms with Crippen molar-refractivity contribution in [1.29, 1.82) is 0 Å². The summed E-state index contributed by atoms with van der Waals surface area (Å²) in [6.07, 6.45) is 5.07. The number of nitrogens with one attached hydrogen (secondary N) is 1. The predicted octanol–water partition coefficient (Wildman–Crippen LogP) is 4.99. The maximum Gasteiger partial charge on any atom is 0.225 e. The topological polar surface area (TPSA) is 72.0 Å². The van der Waals surface area contributed by atoms with Crippen molar-refractivity contribution in [2.75, 3.05) is 5.32 Å². The average molecular weight is 436 g/mol. The minimum absolute atomic E-state index is 0.0902. The number of Topliss-reactive ketones (excluding diaryl/α,β-unsaturated/α-hetero) is 1. The molecule has 32 heavy (non-hydrogen) atoms. The lowest BCUT2D eigenvalue weighted by molar-refractivity contribution is -0.129. The van der Waals surface area contributed by atoms with Gasteiger partial charge >= 0.3 is 0 Å². The van der Waals surface area contributed by atoms with Crippen molar-refractivity contribution >= 4 is 17.5 Å². The third-order valence-corrected chi connectivity index (χ3v) is 8.37. The number of anilines is 1. The number of carbonyl (C=O) groups is 2. The van der Waals surface area contributed by atoms with E-state index in [1.807, 2.05) is 19.1 Å². The van der Waals surface area contributed by atoms with Crippen molar-refractivity contribution in [1.82, 2.24) is 10.2 Å². The molecule has 6 heteroatoms. The number of aromatic nitrogens is 2. The lowest BCUT2D eigenvalue weighted by Gasteiger charge is -2.50. The third kappa shape index (κ3) is 3.54. The van der Waals surface area contributed by atoms with E-state index in [0.29, 0.717) is 42.7 Å². The van der Waals surface area contributed by atoms with Crippen LogP contribution in [0.25, 0.3) is 0 Å². The summed E-state index contributed by atoms with van der Waals surface area (Å²) in [6.45, 7) is 3.99. The number of carbonyl (C=O) groups excluding carboxylic acids is 2. The molecule has 3 unspecified atom stereocenters. The van der Waals surface area contributed by atoms with E-state index < -0.39 is 0 Å². The van der Waals surface area contributed by atoms with Gasteiger partial charge in [0.2, 0.25) is 5.91 Å². The fraction of sp³-hybridized carbons (Fsp3) is 0.538. The van der Waals surface area contributed by atoms with Crippen LogP contribution in [0.15, 0.2) is 30.3 Å². The Hall–Kier alpha value is -2.63. The quantitative estimate of drug-likeness (QED) is 0.734. The second-order valence-corrected chi connectivity index (χ2v) is 10.1. The van der Waals surface area contributed by atoms with Crippen molar-refractivity contribution in [2.24, 2.45) is 23.2 Å². The Morgan fingerprint density at radius 2 is 2.06 bits per heavy atom. The molecule has 1 heterocycles. The molecule has 1 amide bonds. The summed E-state index contributed by atoms with van der Waals surface area (Å²) in [6, 6.07) is 9.03. The first-order chi connectivity index (χ1) is 15.4. The van der Waals surface area contributed by atoms with Crippen LogP contribution < -0.4 is 5.32 Å². The Labute approximate surface area is 188 Å². The summed E-state index contributed by atoms with van der Waals surface area (Å²) in [5, 5.41) is 10.8. The van der Waals surface area contributed by atoms with Gasteiger partial charge in [0.15, 0.2) is 5.82 Å². The summed E-state index contributed by atoms with van der Waals surface area (Å²) < 4.78 is 14.4. The molecule has 1 aromatic heterocycles. The Morgan fingerprint density at radius 1 is 1.22 bits per heavy atom. The van der Waals surface area contributed by atoms with Crippen LogP contribution in [0, 0.1) is 35.9 Å². The van der Waals surface area contributed by atoms with Crippen molar-refractivity contribution in [3.05, 3.63) is 53.0 Å². The Kier molecular flexibility index (Phi) is 5.34. The van der Waals surface area contributed by atoms with Gasteiger partial charge in [0.25, 0.3) is 0 Å². The standard InChI is InChI=1S/C26H30FN3O2/c1-15-6-10-23(30-29-15)28-24(32)11-7-16-14-22(31)26(2)13-12-18-17-4-3-5-21(27)19(17)8-9-20(18)25(16)26/h3-6,10,16,18,20,25H,7-9,11-14H2,1-2H3,(H,28,30,32)/t16-,18?,20?,25?,26-/m1/s1. The van der Waals surface area contributed by atoms with Crippen LogP contribution in [-0.2, 0) is 16.0 Å². The number of nitrogens with zero attached hydrogens (tertiary/aromatic N) is 2. The first-order valence-electron chi connectivity index (χ1n) is 11.8. The molecule has 2 fully saturated rings. The molecule has 0 aliphatic heterocycles. The molecule has 0 spiro atoms. The highest BCUT2D eigenvalue weighted by molar-refractivity contribution is 5.90. The highest BCUT2D eigenvalue weighted by atomic mass is 19.1. The van der Waals surface area contributed by atoms with Crippen LogP contribution >= 0.6 is 0 Å². The maximum absolute atomic E-state index is 14.4. The summed E-state index contributed by atoms with van der Waals surface area (Å²) in [5.74, 6) is 1.78. The molecule has 1 aromatic carbocycles. The molecular weight excluding hydrogens is 405 g/mol. The summed E-state index contributed by atoms with van der Waals surface area (Å²) >= 11 is 0. The molecule has 0 radical (unpaired) electrons. The smallest absolute Gasteiger partial charge is 0.225 e. The first-order valence-corrected chi connectivity index (χ1v) is 11.8. The zero-order chi connectivity index (χ0) is 22.5. The van der Waals surface area contributed by atoms with E-state index >= 15 is 0 Å². The van der Waals surface area contributed by atoms with E-state index in [0.717, 1.165) is 42.5 Å². The van der Waals surface area contributed by atoms with Gasteiger partial charge in [0.05, 0.1) is 5.69 Å². The zero-order valence-corrected chi connectivity index (χ0v) is 18.7. The van der Waals surface area contributed by atoms with Gasteiger partial charge < -0.3 is 5.32 Å². The average Bonchev–Trinajstić information content (AvgIpc) is 3.04. The van der Waals surface area contributed by atoms with Crippen molar-refractivity contribution in [2.45, 2.75) is 64.7 Å². The van der Waals surface area contributed by atoms with Gasteiger partial charge in [0, 0.05) is 18.3 Å². The number of rotatable bonds is 4. The maximum atomic E-state index is 14.4. The highest BCUT2D eigenvalue weighted by Crippen LogP contribution is 2.62. The molecule has 5 rings (SSSR count). The molecule has 1 N–H and O–H groups in total. The first kappa shape index (κ1) is 21.2. The van der Waals surface area contributed by atoms with Gasteiger partial charge in [-0.05, 0) is 92.0 Å². The molecular formula is C26H30FN3O2. The fourth-order valence-corrected chi connectivity index (χ4v) is 6.89. The number of fused-ring (bicyclic) bond motifs is 5. The molecule has 5 nitrogen and oxygen atoms in total. The SMILES string of the molecule is Cc1ccc(NC(=O)CC[C@@H]2CC(=O)[C@@]3(C)CCC4c5cccc(F)c5CCC4C23)nn1. The normalized spacial score (nSPS) is 30.9. The molecule has 2 saturated carbocycles. The molecule has 5 atom stereocenters. The number of benzene rings is 1. The van der Waals surface area contributed by atoms with E-state index in [1.54, 1.807) is 12.1 Å². The van der Waals surface area contributed by atoms with Gasteiger partial charge in [-0.2, -0.15) is 5.10 Å². The second kappa shape index (κ2) is 8.05. The van der Waals surface area contributed by atoms with Crippen LogP contribution in [0.4, 0.5) is 10.2 Å². The van der Waals surface area contributed by atoms with Crippen LogP contribution in [0.2, 0.25) is 0 Å². The minimum Gasteiger partial charge on any atom is -0.309 e. The Balaban J connectivity index is 1.32. The molecule has 3 aliphatic rings. The molecule has 3 aliphatic carbocycles. The van der Waals surface area contributed by atoms with Crippen molar-refractivity contribution in [3.8, 4) is 0 Å². The van der Waals surface area contributed by atoms with Crippen LogP contribution in [-0.4, -0.2) is 21.9 Å². The molecule has 2 aromatic rings. The Morgan fingerprint density at radius 3 is 2.84 bits per heavy atom. The van der Waals surface area contributed by atoms with Crippen molar-refractivity contribution in [3.63, 3.8) is 0 Å². The zero-order valence-electron chi connectivity index (χ0n) is 18.7. The molecule has 0 saturated heterocycles. The fourth-order valence-electron chi connectivity index (χ4n) is 6.89. The number of hydrogen-bond acceptors (Lipinski definition) is 4. The Bertz CT molecular complexity index is 1050. The van der Waals surface area contributed by atoms with Gasteiger partial charge in [-0.1, -0.05) is 19.1 Å². The van der Waals surface area contributed by atoms with Crippen molar-refractivity contribution < 1.29 is 14.0 Å². The van der Waals surface area contributed by atoms with Crippen LogP contribution in [0.1, 0.15) is 68.2 Å². The number of hydrogen-bond donors (Lipinski definition) is 1. The minimum atomic E-state index is -0.310. The van der Waals surface area contributed by atoms with Crippen LogP contribution in [0.3, 0.4) is 0 Å². The lowest BCUT2D eigenvalue weighted by atomic mass is 9.54. The van der Waals surface area contributed by atoms with Gasteiger partial charge in [-0.3, -0.25) is 9.59 Å². The molecule has 168 valence electrons. The monoisotopic (exact) mass is 435 g/mol. The molecule has 0 bridgehead atoms. The highest BCUT2D eigenvalue weighted by Gasteiger charge is 2.58. The van der Waals surface area contributed by atoms with E-state index in [1.165, 1.54) is 0 Å². The summed E-state index contributed by atoms with van der Waals surface area (Å²) in [5.41, 5.74) is 2.51. The van der Waals surface area contributed by atoms with E-state index in [9.17, 15) is 14.0 Å². The lowest BCUT2D eigenvalue weighted by Crippen LogP contribution is -2.44. The number of ketones is 1.